The summed E-state index contributed by atoms with van der Waals surface area (Å²) >= 11 is 3.34. The van der Waals surface area contributed by atoms with E-state index in [2.05, 4.69) is 26.0 Å². The molecule has 0 spiro atoms. The molecule has 1 atom stereocenters. The third kappa shape index (κ3) is 3.37. The van der Waals surface area contributed by atoms with Gasteiger partial charge in [0.1, 0.15) is 0 Å². The Hall–Kier alpha value is -0.780. The molecule has 2 amide bonds. The molecular formula is C10H17BrN2O3. The van der Waals surface area contributed by atoms with Crippen LogP contribution in [0.2, 0.25) is 0 Å². The predicted molar refractivity (Wildman–Crippen MR) is 63.5 cm³/mol. The number of hydrogen-bond donors (Lipinski definition) is 1. The molecule has 1 unspecified atom stereocenters. The van der Waals surface area contributed by atoms with Crippen molar-refractivity contribution < 1.29 is 14.3 Å². The number of carbonyl (C=O) groups is 2. The second-order valence-electron chi connectivity index (χ2n) is 4.35. The minimum Gasteiger partial charge on any atom is -0.453 e. The number of methoxy groups -OCH3 is 1. The fourth-order valence-electron chi connectivity index (χ4n) is 1.66. The van der Waals surface area contributed by atoms with Crippen molar-refractivity contribution in [1.29, 1.82) is 0 Å². The normalized spacial score (nSPS) is 20.8. The van der Waals surface area contributed by atoms with Crippen molar-refractivity contribution in [3.05, 3.63) is 0 Å². The summed E-state index contributed by atoms with van der Waals surface area (Å²) in [5.74, 6) is 0.0432. The minimum absolute atomic E-state index is 0.00810. The Labute approximate surface area is 104 Å². The number of nitrogens with zero attached hydrogens (tertiary/aromatic N) is 1. The van der Waals surface area contributed by atoms with Crippen molar-refractivity contribution in [3.8, 4) is 0 Å². The number of alkyl carbamates (subject to hydrolysis) is 1. The van der Waals surface area contributed by atoms with Crippen molar-refractivity contribution in [3.63, 3.8) is 0 Å². The molecule has 0 aromatic heterocycles. The molecule has 5 nitrogen and oxygen atoms in total. The van der Waals surface area contributed by atoms with Gasteiger partial charge in [-0.05, 0) is 20.3 Å². The van der Waals surface area contributed by atoms with Gasteiger partial charge in [-0.2, -0.15) is 0 Å². The third-order valence-electron chi connectivity index (χ3n) is 2.49. The molecule has 0 aromatic rings. The van der Waals surface area contributed by atoms with Crippen molar-refractivity contribution in [2.24, 2.45) is 0 Å². The number of hydrogen-bond acceptors (Lipinski definition) is 3. The molecule has 16 heavy (non-hydrogen) atoms. The Bertz CT molecular complexity index is 288. The number of alkyl halides is 1. The fourth-order valence-corrected chi connectivity index (χ4v) is 1.91. The van der Waals surface area contributed by atoms with E-state index in [1.54, 1.807) is 4.90 Å². The molecular weight excluding hydrogens is 276 g/mol. The van der Waals surface area contributed by atoms with Crippen LogP contribution in [0.25, 0.3) is 0 Å². The van der Waals surface area contributed by atoms with Crippen LogP contribution in [0.4, 0.5) is 4.79 Å². The summed E-state index contributed by atoms with van der Waals surface area (Å²) in [6.45, 7) is 4.85. The summed E-state index contributed by atoms with van der Waals surface area (Å²) in [6, 6.07) is -0.00810. The molecule has 0 saturated carbocycles. The highest BCUT2D eigenvalue weighted by Crippen LogP contribution is 2.22. The average molecular weight is 293 g/mol. The maximum absolute atomic E-state index is 11.9. The molecule has 0 aliphatic carbocycles. The highest BCUT2D eigenvalue weighted by Gasteiger charge is 2.34. The van der Waals surface area contributed by atoms with Crippen LogP contribution >= 0.6 is 15.9 Å². The third-order valence-corrected chi connectivity index (χ3v) is 2.83. The van der Waals surface area contributed by atoms with E-state index in [1.165, 1.54) is 7.11 Å². The number of rotatable bonds is 2. The molecule has 1 fully saturated rings. The smallest absolute Gasteiger partial charge is 0.407 e. The van der Waals surface area contributed by atoms with Gasteiger partial charge in [-0.3, -0.25) is 4.79 Å². The number of halogens is 1. The van der Waals surface area contributed by atoms with Gasteiger partial charge in [0.05, 0.1) is 17.5 Å². The Balaban J connectivity index is 2.47. The monoisotopic (exact) mass is 292 g/mol. The Kier molecular flexibility index (Phi) is 4.18. The van der Waals surface area contributed by atoms with Crippen molar-refractivity contribution in [2.75, 3.05) is 20.2 Å². The van der Waals surface area contributed by atoms with Crippen LogP contribution in [0.15, 0.2) is 0 Å². The highest BCUT2D eigenvalue weighted by atomic mass is 79.9. The van der Waals surface area contributed by atoms with Gasteiger partial charge in [0, 0.05) is 13.1 Å². The second kappa shape index (κ2) is 5.03. The Morgan fingerprint density at radius 1 is 1.50 bits per heavy atom. The van der Waals surface area contributed by atoms with Gasteiger partial charge < -0.3 is 15.0 Å². The molecule has 1 saturated heterocycles. The minimum atomic E-state index is -0.548. The average Bonchev–Trinajstić information content (AvgIpc) is 2.63. The van der Waals surface area contributed by atoms with Crippen LogP contribution in [0, 0.1) is 0 Å². The fraction of sp³-hybridized carbons (Fsp3) is 0.800. The molecule has 1 heterocycles. The molecule has 1 N–H and O–H groups in total. The van der Waals surface area contributed by atoms with E-state index in [4.69, 9.17) is 0 Å². The maximum atomic E-state index is 11.9. The van der Waals surface area contributed by atoms with Crippen LogP contribution in [-0.2, 0) is 9.53 Å². The van der Waals surface area contributed by atoms with E-state index in [9.17, 15) is 9.59 Å². The molecule has 0 aromatic carbocycles. The van der Waals surface area contributed by atoms with E-state index < -0.39 is 10.4 Å². The topological polar surface area (TPSA) is 58.6 Å². The number of ether oxygens (including phenoxy) is 1. The molecule has 92 valence electrons. The van der Waals surface area contributed by atoms with Crippen molar-refractivity contribution in [2.45, 2.75) is 30.6 Å². The van der Waals surface area contributed by atoms with Crippen LogP contribution in [0.3, 0.4) is 0 Å². The first kappa shape index (κ1) is 13.3. The summed E-state index contributed by atoms with van der Waals surface area (Å²) in [5, 5.41) is 2.69. The number of likely N-dealkylation sites (tertiary alicyclic amines) is 1. The van der Waals surface area contributed by atoms with Crippen molar-refractivity contribution in [1.82, 2.24) is 10.2 Å². The summed E-state index contributed by atoms with van der Waals surface area (Å²) < 4.78 is 3.96. The summed E-state index contributed by atoms with van der Waals surface area (Å²) in [5.41, 5.74) is 0. The van der Waals surface area contributed by atoms with E-state index in [-0.39, 0.29) is 11.9 Å². The maximum Gasteiger partial charge on any atom is 0.407 e. The van der Waals surface area contributed by atoms with Gasteiger partial charge in [-0.25, -0.2) is 4.79 Å². The summed E-state index contributed by atoms with van der Waals surface area (Å²) in [7, 11) is 1.33. The zero-order chi connectivity index (χ0) is 12.3. The standard InChI is InChI=1S/C10H17BrN2O3/c1-10(2,11)8(14)13-5-4-7(6-13)12-9(15)16-3/h7H,4-6H2,1-3H3,(H,12,15). The molecule has 1 rings (SSSR count). The van der Waals surface area contributed by atoms with E-state index in [1.807, 2.05) is 13.8 Å². The van der Waals surface area contributed by atoms with Crippen LogP contribution in [0.1, 0.15) is 20.3 Å². The Morgan fingerprint density at radius 2 is 2.12 bits per heavy atom. The first-order valence-corrected chi connectivity index (χ1v) is 5.96. The van der Waals surface area contributed by atoms with Crippen LogP contribution < -0.4 is 5.32 Å². The molecule has 6 heteroatoms. The van der Waals surface area contributed by atoms with Gasteiger partial charge in [0.25, 0.3) is 0 Å². The number of nitrogens with one attached hydrogen (secondary N) is 1. The van der Waals surface area contributed by atoms with Gasteiger partial charge in [0.2, 0.25) is 5.91 Å². The van der Waals surface area contributed by atoms with E-state index >= 15 is 0 Å². The lowest BCUT2D eigenvalue weighted by atomic mass is 10.2. The lowest BCUT2D eigenvalue weighted by Crippen LogP contribution is -2.43. The van der Waals surface area contributed by atoms with Crippen LogP contribution in [-0.4, -0.2) is 47.5 Å². The number of carbonyl (C=O) groups excluding carboxylic acids is 2. The molecule has 0 bridgehead atoms. The number of amides is 2. The molecule has 0 radical (unpaired) electrons. The van der Waals surface area contributed by atoms with Gasteiger partial charge in [-0.1, -0.05) is 15.9 Å². The van der Waals surface area contributed by atoms with Crippen LogP contribution in [0.5, 0.6) is 0 Å². The Morgan fingerprint density at radius 3 is 2.62 bits per heavy atom. The van der Waals surface area contributed by atoms with E-state index in [0.29, 0.717) is 13.1 Å². The SMILES string of the molecule is COC(=O)NC1CCN(C(=O)C(C)(C)Br)C1. The molecule has 1 aliphatic rings. The van der Waals surface area contributed by atoms with Gasteiger partial charge >= 0.3 is 6.09 Å². The lowest BCUT2D eigenvalue weighted by Gasteiger charge is -2.24. The quantitative estimate of drug-likeness (QED) is 0.776. The zero-order valence-corrected chi connectivity index (χ0v) is 11.3. The van der Waals surface area contributed by atoms with E-state index in [0.717, 1.165) is 6.42 Å². The first-order valence-electron chi connectivity index (χ1n) is 5.17. The lowest BCUT2D eigenvalue weighted by molar-refractivity contribution is -0.131. The molecule has 1 aliphatic heterocycles. The zero-order valence-electron chi connectivity index (χ0n) is 9.75. The first-order chi connectivity index (χ1) is 7.34. The van der Waals surface area contributed by atoms with Gasteiger partial charge in [-0.15, -0.1) is 0 Å². The summed E-state index contributed by atoms with van der Waals surface area (Å²) in [4.78, 5) is 24.6. The predicted octanol–water partition coefficient (Wildman–Crippen LogP) is 1.12. The van der Waals surface area contributed by atoms with Gasteiger partial charge in [0.15, 0.2) is 0 Å². The van der Waals surface area contributed by atoms with Crippen molar-refractivity contribution >= 4 is 27.9 Å². The highest BCUT2D eigenvalue weighted by molar-refractivity contribution is 9.10. The summed E-state index contributed by atoms with van der Waals surface area (Å²) in [6.07, 6.45) is 0.321. The largest absolute Gasteiger partial charge is 0.453 e. The second-order valence-corrected chi connectivity index (χ2v) is 6.33.